The number of hydrogen-bond acceptors (Lipinski definition) is 2. The molecule has 0 heterocycles. The quantitative estimate of drug-likeness (QED) is 0.697. The van der Waals surface area contributed by atoms with Crippen LogP contribution >= 0.6 is 11.6 Å². The number of rotatable bonds is 7. The first-order valence-electron chi connectivity index (χ1n) is 7.59. The lowest BCUT2D eigenvalue weighted by Gasteiger charge is -2.08. The first-order valence-corrected chi connectivity index (χ1v) is 7.97. The molecule has 23 heavy (non-hydrogen) atoms. The Morgan fingerprint density at radius 2 is 1.91 bits per heavy atom. The van der Waals surface area contributed by atoms with Gasteiger partial charge in [-0.05, 0) is 48.9 Å². The molecule has 0 bridgehead atoms. The van der Waals surface area contributed by atoms with E-state index in [0.29, 0.717) is 17.9 Å². The summed E-state index contributed by atoms with van der Waals surface area (Å²) < 4.78 is 18.7. The molecular formula is C18H19ClFNO2. The Balaban J connectivity index is 1.93. The summed E-state index contributed by atoms with van der Waals surface area (Å²) in [7, 11) is 0. The Kier molecular flexibility index (Phi) is 6.41. The highest BCUT2D eigenvalue weighted by Crippen LogP contribution is 2.20. The third kappa shape index (κ3) is 5.25. The molecule has 0 radical (unpaired) electrons. The van der Waals surface area contributed by atoms with Gasteiger partial charge < -0.3 is 10.1 Å². The zero-order chi connectivity index (χ0) is 16.7. The van der Waals surface area contributed by atoms with Gasteiger partial charge in [0.1, 0.15) is 11.6 Å². The summed E-state index contributed by atoms with van der Waals surface area (Å²) in [6.07, 6.45) is 3.31. The highest BCUT2D eigenvalue weighted by molar-refractivity contribution is 6.31. The molecule has 0 saturated heterocycles. The third-order valence-corrected chi connectivity index (χ3v) is 3.60. The van der Waals surface area contributed by atoms with Crippen molar-refractivity contribution in [2.75, 3.05) is 11.9 Å². The van der Waals surface area contributed by atoms with Crippen molar-refractivity contribution in [1.82, 2.24) is 0 Å². The summed E-state index contributed by atoms with van der Waals surface area (Å²) >= 11 is 5.69. The predicted molar refractivity (Wildman–Crippen MR) is 90.8 cm³/mol. The number of halogens is 2. The van der Waals surface area contributed by atoms with Crippen molar-refractivity contribution in [3.63, 3.8) is 0 Å². The molecule has 5 heteroatoms. The van der Waals surface area contributed by atoms with Gasteiger partial charge in [0, 0.05) is 11.3 Å². The number of ether oxygens (including phenoxy) is 1. The van der Waals surface area contributed by atoms with Crippen LogP contribution in [-0.4, -0.2) is 12.5 Å². The van der Waals surface area contributed by atoms with Crippen molar-refractivity contribution in [2.24, 2.45) is 0 Å². The van der Waals surface area contributed by atoms with Gasteiger partial charge in [-0.3, -0.25) is 4.79 Å². The molecule has 0 aliphatic carbocycles. The van der Waals surface area contributed by atoms with Gasteiger partial charge in [0.2, 0.25) is 0 Å². The van der Waals surface area contributed by atoms with Gasteiger partial charge in [-0.2, -0.15) is 0 Å². The van der Waals surface area contributed by atoms with E-state index in [4.69, 9.17) is 16.3 Å². The van der Waals surface area contributed by atoms with Crippen LogP contribution in [0.3, 0.4) is 0 Å². The maximum Gasteiger partial charge on any atom is 0.255 e. The van der Waals surface area contributed by atoms with Crippen LogP contribution < -0.4 is 10.1 Å². The third-order valence-electron chi connectivity index (χ3n) is 3.31. The Morgan fingerprint density at radius 3 is 2.57 bits per heavy atom. The van der Waals surface area contributed by atoms with Crippen molar-refractivity contribution in [3.8, 4) is 5.75 Å². The molecule has 0 aliphatic rings. The van der Waals surface area contributed by atoms with Crippen LogP contribution in [-0.2, 0) is 0 Å². The van der Waals surface area contributed by atoms with E-state index in [-0.39, 0.29) is 10.9 Å². The van der Waals surface area contributed by atoms with Crippen LogP contribution in [0.4, 0.5) is 10.1 Å². The normalized spacial score (nSPS) is 10.4. The standard InChI is InChI=1S/C18H19ClFNO2/c1-2-3-4-11-23-15-8-5-13(6-9-15)18(22)21-14-7-10-17(20)16(19)12-14/h5-10,12H,2-4,11H2,1H3,(H,21,22). The van der Waals surface area contributed by atoms with E-state index < -0.39 is 5.82 Å². The molecule has 1 amide bonds. The number of anilines is 1. The summed E-state index contributed by atoms with van der Waals surface area (Å²) in [5.41, 5.74) is 0.938. The first kappa shape index (κ1) is 17.3. The van der Waals surface area contributed by atoms with E-state index >= 15 is 0 Å². The smallest absolute Gasteiger partial charge is 0.255 e. The summed E-state index contributed by atoms with van der Waals surface area (Å²) in [6, 6.07) is 11.0. The minimum absolute atomic E-state index is 0.0290. The zero-order valence-corrected chi connectivity index (χ0v) is 13.7. The number of nitrogens with one attached hydrogen (secondary N) is 1. The monoisotopic (exact) mass is 335 g/mol. The van der Waals surface area contributed by atoms with Gasteiger partial charge in [0.25, 0.3) is 5.91 Å². The lowest BCUT2D eigenvalue weighted by molar-refractivity contribution is 0.102. The minimum atomic E-state index is -0.519. The van der Waals surface area contributed by atoms with Crippen LogP contribution in [0, 0.1) is 5.82 Å². The van der Waals surface area contributed by atoms with Crippen molar-refractivity contribution in [3.05, 3.63) is 58.9 Å². The number of unbranched alkanes of at least 4 members (excludes halogenated alkanes) is 2. The van der Waals surface area contributed by atoms with E-state index in [0.717, 1.165) is 25.0 Å². The van der Waals surface area contributed by atoms with E-state index in [9.17, 15) is 9.18 Å². The molecule has 0 aliphatic heterocycles. The van der Waals surface area contributed by atoms with Gasteiger partial charge >= 0.3 is 0 Å². The summed E-state index contributed by atoms with van der Waals surface area (Å²) in [4.78, 5) is 12.1. The van der Waals surface area contributed by atoms with E-state index in [2.05, 4.69) is 12.2 Å². The van der Waals surface area contributed by atoms with Crippen LogP contribution in [0.1, 0.15) is 36.5 Å². The summed E-state index contributed by atoms with van der Waals surface area (Å²) in [5, 5.41) is 2.65. The van der Waals surface area contributed by atoms with Crippen LogP contribution in [0.25, 0.3) is 0 Å². The molecule has 2 aromatic carbocycles. The first-order chi connectivity index (χ1) is 11.1. The summed E-state index contributed by atoms with van der Waals surface area (Å²) in [6.45, 7) is 2.81. The molecule has 3 nitrogen and oxygen atoms in total. The number of amides is 1. The largest absolute Gasteiger partial charge is 0.494 e. The van der Waals surface area contributed by atoms with Crippen molar-refractivity contribution in [2.45, 2.75) is 26.2 Å². The van der Waals surface area contributed by atoms with Crippen molar-refractivity contribution >= 4 is 23.2 Å². The molecule has 0 fully saturated rings. The van der Waals surface area contributed by atoms with E-state index in [1.165, 1.54) is 18.2 Å². The maximum atomic E-state index is 13.1. The highest BCUT2D eigenvalue weighted by atomic mass is 35.5. The number of carbonyl (C=O) groups excluding carboxylic acids is 1. The van der Waals surface area contributed by atoms with Crippen LogP contribution in [0.15, 0.2) is 42.5 Å². The van der Waals surface area contributed by atoms with Crippen molar-refractivity contribution in [1.29, 1.82) is 0 Å². The average molecular weight is 336 g/mol. The number of carbonyl (C=O) groups is 1. The Hall–Kier alpha value is -2.07. The molecule has 2 rings (SSSR count). The molecule has 0 saturated carbocycles. The maximum absolute atomic E-state index is 13.1. The predicted octanol–water partition coefficient (Wildman–Crippen LogP) is 5.30. The van der Waals surface area contributed by atoms with E-state index in [1.54, 1.807) is 24.3 Å². The second kappa shape index (κ2) is 8.53. The number of hydrogen-bond donors (Lipinski definition) is 1. The Morgan fingerprint density at radius 1 is 1.17 bits per heavy atom. The fraction of sp³-hybridized carbons (Fsp3) is 0.278. The van der Waals surface area contributed by atoms with Gasteiger partial charge in [0.05, 0.1) is 11.6 Å². The summed E-state index contributed by atoms with van der Waals surface area (Å²) in [5.74, 6) is -0.0677. The Bertz CT molecular complexity index is 659. The van der Waals surface area contributed by atoms with E-state index in [1.807, 2.05) is 0 Å². The molecule has 1 N–H and O–H groups in total. The van der Waals surface area contributed by atoms with Crippen molar-refractivity contribution < 1.29 is 13.9 Å². The van der Waals surface area contributed by atoms with Gasteiger partial charge in [-0.1, -0.05) is 31.4 Å². The molecule has 0 unspecified atom stereocenters. The lowest BCUT2D eigenvalue weighted by Crippen LogP contribution is -2.11. The van der Waals surface area contributed by atoms with Gasteiger partial charge in [-0.15, -0.1) is 0 Å². The molecule has 0 aromatic heterocycles. The molecule has 0 spiro atoms. The topological polar surface area (TPSA) is 38.3 Å². The molecule has 122 valence electrons. The molecule has 2 aromatic rings. The highest BCUT2D eigenvalue weighted by Gasteiger charge is 2.08. The second-order valence-electron chi connectivity index (χ2n) is 5.16. The van der Waals surface area contributed by atoms with Crippen LogP contribution in [0.5, 0.6) is 5.75 Å². The fourth-order valence-electron chi connectivity index (χ4n) is 2.02. The zero-order valence-electron chi connectivity index (χ0n) is 12.9. The molecular weight excluding hydrogens is 317 g/mol. The van der Waals surface area contributed by atoms with Crippen LogP contribution in [0.2, 0.25) is 5.02 Å². The second-order valence-corrected chi connectivity index (χ2v) is 5.57. The minimum Gasteiger partial charge on any atom is -0.494 e. The fourth-order valence-corrected chi connectivity index (χ4v) is 2.20. The SMILES string of the molecule is CCCCCOc1ccc(C(=O)Nc2ccc(F)c(Cl)c2)cc1. The van der Waals surface area contributed by atoms with Gasteiger partial charge in [-0.25, -0.2) is 4.39 Å². The van der Waals surface area contributed by atoms with Gasteiger partial charge in [0.15, 0.2) is 0 Å². The average Bonchev–Trinajstić information content (AvgIpc) is 2.55. The Labute approximate surface area is 140 Å². The molecule has 0 atom stereocenters. The lowest BCUT2D eigenvalue weighted by atomic mass is 10.2. The number of benzene rings is 2.